The van der Waals surface area contributed by atoms with Crippen LogP contribution in [0.4, 0.5) is 5.82 Å². The van der Waals surface area contributed by atoms with Crippen molar-refractivity contribution in [2.45, 2.75) is 46.1 Å². The van der Waals surface area contributed by atoms with Crippen molar-refractivity contribution in [2.24, 2.45) is 0 Å². The second kappa shape index (κ2) is 6.33. The number of aromatic nitrogens is 2. The van der Waals surface area contributed by atoms with E-state index in [0.29, 0.717) is 23.5 Å². The van der Waals surface area contributed by atoms with Crippen molar-refractivity contribution in [3.05, 3.63) is 16.8 Å². The number of aryl methyl sites for hydroxylation is 1. The highest BCUT2D eigenvalue weighted by atomic mass is 16.5. The van der Waals surface area contributed by atoms with Crippen LogP contribution >= 0.6 is 0 Å². The van der Waals surface area contributed by atoms with Gasteiger partial charge in [-0.25, -0.2) is 4.79 Å². The lowest BCUT2D eigenvalue weighted by Gasteiger charge is -2.28. The third-order valence-corrected chi connectivity index (χ3v) is 3.35. The minimum absolute atomic E-state index is 0.317. The fourth-order valence-electron chi connectivity index (χ4n) is 2.03. The molecule has 0 saturated heterocycles. The van der Waals surface area contributed by atoms with Gasteiger partial charge in [-0.1, -0.05) is 13.3 Å². The normalized spacial score (nSPS) is 13.2. The SMILES string of the molecule is CCCC(C)(Nc1nnc(C)c(C)c1C#N)C(=O)OC. The number of anilines is 1. The molecule has 20 heavy (non-hydrogen) atoms. The predicted octanol–water partition coefficient (Wildman–Crippen LogP) is 2.11. The van der Waals surface area contributed by atoms with Crippen LogP contribution in [0.1, 0.15) is 43.5 Å². The summed E-state index contributed by atoms with van der Waals surface area (Å²) in [6.45, 7) is 7.31. The van der Waals surface area contributed by atoms with Crippen LogP contribution < -0.4 is 5.32 Å². The number of rotatable bonds is 5. The summed E-state index contributed by atoms with van der Waals surface area (Å²) in [5.74, 6) is -0.0692. The maximum Gasteiger partial charge on any atom is 0.331 e. The van der Waals surface area contributed by atoms with Crippen LogP contribution in [0, 0.1) is 25.2 Å². The molecule has 108 valence electrons. The van der Waals surface area contributed by atoms with Crippen LogP contribution in [0.5, 0.6) is 0 Å². The Balaban J connectivity index is 3.22. The number of nitrogens with zero attached hydrogens (tertiary/aromatic N) is 3. The number of hydrogen-bond donors (Lipinski definition) is 1. The monoisotopic (exact) mass is 276 g/mol. The molecular formula is C14H20N4O2. The van der Waals surface area contributed by atoms with E-state index in [2.05, 4.69) is 21.6 Å². The fraction of sp³-hybridized carbons (Fsp3) is 0.571. The average molecular weight is 276 g/mol. The lowest BCUT2D eigenvalue weighted by molar-refractivity contribution is -0.145. The molecule has 1 atom stereocenters. The van der Waals surface area contributed by atoms with E-state index < -0.39 is 5.54 Å². The molecule has 0 fully saturated rings. The second-order valence-corrected chi connectivity index (χ2v) is 4.94. The number of nitrogens with one attached hydrogen (secondary N) is 1. The van der Waals surface area contributed by atoms with Crippen LogP contribution in [-0.4, -0.2) is 28.8 Å². The molecule has 0 aliphatic rings. The summed E-state index contributed by atoms with van der Waals surface area (Å²) >= 11 is 0. The van der Waals surface area contributed by atoms with Gasteiger partial charge in [-0.15, -0.1) is 5.10 Å². The highest BCUT2D eigenvalue weighted by Gasteiger charge is 2.34. The molecule has 1 aromatic rings. The van der Waals surface area contributed by atoms with Crippen LogP contribution in [0.2, 0.25) is 0 Å². The largest absolute Gasteiger partial charge is 0.467 e. The molecule has 1 aromatic heterocycles. The maximum absolute atomic E-state index is 12.0. The summed E-state index contributed by atoms with van der Waals surface area (Å²) in [6.07, 6.45) is 1.36. The van der Waals surface area contributed by atoms with Crippen LogP contribution in [0.25, 0.3) is 0 Å². The quantitative estimate of drug-likeness (QED) is 0.829. The minimum Gasteiger partial charge on any atom is -0.467 e. The van der Waals surface area contributed by atoms with E-state index in [4.69, 9.17) is 4.74 Å². The smallest absolute Gasteiger partial charge is 0.331 e. The molecule has 6 heteroatoms. The van der Waals surface area contributed by atoms with Crippen molar-refractivity contribution >= 4 is 11.8 Å². The molecule has 0 aromatic carbocycles. The first-order valence-corrected chi connectivity index (χ1v) is 6.50. The molecule has 0 spiro atoms. The molecule has 6 nitrogen and oxygen atoms in total. The summed E-state index contributed by atoms with van der Waals surface area (Å²) in [4.78, 5) is 12.0. The summed E-state index contributed by atoms with van der Waals surface area (Å²) in [5, 5.41) is 20.3. The molecule has 1 rings (SSSR count). The topological polar surface area (TPSA) is 87.9 Å². The van der Waals surface area contributed by atoms with Gasteiger partial charge in [0.25, 0.3) is 0 Å². The van der Waals surface area contributed by atoms with Crippen LogP contribution in [0.15, 0.2) is 0 Å². The molecule has 1 N–H and O–H groups in total. The van der Waals surface area contributed by atoms with Gasteiger partial charge in [-0.2, -0.15) is 10.4 Å². The fourth-order valence-corrected chi connectivity index (χ4v) is 2.03. The van der Waals surface area contributed by atoms with E-state index >= 15 is 0 Å². The van der Waals surface area contributed by atoms with Crippen molar-refractivity contribution in [2.75, 3.05) is 12.4 Å². The van der Waals surface area contributed by atoms with Crippen molar-refractivity contribution < 1.29 is 9.53 Å². The van der Waals surface area contributed by atoms with Crippen molar-refractivity contribution in [1.29, 1.82) is 5.26 Å². The molecule has 0 amide bonds. The third kappa shape index (κ3) is 3.05. The Morgan fingerprint density at radius 1 is 1.45 bits per heavy atom. The van der Waals surface area contributed by atoms with E-state index in [1.165, 1.54) is 7.11 Å². The van der Waals surface area contributed by atoms with Crippen molar-refractivity contribution in [3.8, 4) is 6.07 Å². The Labute approximate surface area is 119 Å². The number of esters is 1. The lowest BCUT2D eigenvalue weighted by atomic mass is 9.95. The molecule has 0 aliphatic heterocycles. The molecule has 0 bridgehead atoms. The summed E-state index contributed by atoms with van der Waals surface area (Å²) < 4.78 is 4.84. The zero-order chi connectivity index (χ0) is 15.3. The van der Waals surface area contributed by atoms with Crippen LogP contribution in [-0.2, 0) is 9.53 Å². The summed E-state index contributed by atoms with van der Waals surface area (Å²) in [5.41, 5.74) is 0.936. The number of carbonyl (C=O) groups excluding carboxylic acids is 1. The molecular weight excluding hydrogens is 256 g/mol. The van der Waals surface area contributed by atoms with E-state index in [1.807, 2.05) is 13.8 Å². The van der Waals surface area contributed by atoms with Gasteiger partial charge in [0.1, 0.15) is 17.2 Å². The Morgan fingerprint density at radius 3 is 2.60 bits per heavy atom. The van der Waals surface area contributed by atoms with Crippen molar-refractivity contribution in [1.82, 2.24) is 10.2 Å². The molecule has 0 saturated carbocycles. The highest BCUT2D eigenvalue weighted by molar-refractivity contribution is 5.84. The third-order valence-electron chi connectivity index (χ3n) is 3.35. The minimum atomic E-state index is -0.925. The Morgan fingerprint density at radius 2 is 2.10 bits per heavy atom. The number of hydrogen-bond acceptors (Lipinski definition) is 6. The van der Waals surface area contributed by atoms with Gasteiger partial charge in [-0.3, -0.25) is 0 Å². The number of ether oxygens (including phenoxy) is 1. The Bertz CT molecular complexity index is 551. The Hall–Kier alpha value is -2.16. The molecule has 0 radical (unpaired) electrons. The van der Waals surface area contributed by atoms with Gasteiger partial charge >= 0.3 is 5.97 Å². The highest BCUT2D eigenvalue weighted by Crippen LogP contribution is 2.24. The lowest BCUT2D eigenvalue weighted by Crippen LogP contribution is -2.44. The van der Waals surface area contributed by atoms with Gasteiger partial charge in [0, 0.05) is 0 Å². The first-order chi connectivity index (χ1) is 9.39. The second-order valence-electron chi connectivity index (χ2n) is 4.94. The van der Waals surface area contributed by atoms with E-state index in [0.717, 1.165) is 12.0 Å². The maximum atomic E-state index is 12.0. The van der Waals surface area contributed by atoms with Gasteiger partial charge < -0.3 is 10.1 Å². The van der Waals surface area contributed by atoms with E-state index in [1.54, 1.807) is 13.8 Å². The van der Waals surface area contributed by atoms with Gasteiger partial charge in [-0.05, 0) is 32.8 Å². The van der Waals surface area contributed by atoms with Crippen molar-refractivity contribution in [3.63, 3.8) is 0 Å². The van der Waals surface area contributed by atoms with E-state index in [9.17, 15) is 10.1 Å². The number of carbonyl (C=O) groups is 1. The molecule has 0 aliphatic carbocycles. The van der Waals surface area contributed by atoms with E-state index in [-0.39, 0.29) is 5.97 Å². The summed E-state index contributed by atoms with van der Waals surface area (Å²) in [7, 11) is 1.34. The molecule has 1 unspecified atom stereocenters. The number of methoxy groups -OCH3 is 1. The Kier molecular flexibility index (Phi) is 5.03. The summed E-state index contributed by atoms with van der Waals surface area (Å²) in [6, 6.07) is 2.11. The van der Waals surface area contributed by atoms with Crippen LogP contribution in [0.3, 0.4) is 0 Å². The first-order valence-electron chi connectivity index (χ1n) is 6.50. The van der Waals surface area contributed by atoms with Gasteiger partial charge in [0.15, 0.2) is 5.82 Å². The molecule has 1 heterocycles. The first kappa shape index (κ1) is 15.9. The predicted molar refractivity (Wildman–Crippen MR) is 75.2 cm³/mol. The van der Waals surface area contributed by atoms with Gasteiger partial charge in [0.2, 0.25) is 0 Å². The average Bonchev–Trinajstić information content (AvgIpc) is 2.42. The zero-order valence-corrected chi connectivity index (χ0v) is 12.6. The number of nitriles is 1. The standard InChI is InChI=1S/C14H20N4O2/c1-6-7-14(4,13(19)20-5)16-12-11(8-15)9(2)10(3)17-18-12/h6-7H2,1-5H3,(H,16,18). The van der Waals surface area contributed by atoms with Gasteiger partial charge in [0.05, 0.1) is 12.8 Å². The zero-order valence-electron chi connectivity index (χ0n) is 12.6.